The van der Waals surface area contributed by atoms with E-state index in [1.54, 1.807) is 0 Å². The van der Waals surface area contributed by atoms with Crippen LogP contribution in [0.2, 0.25) is 0 Å². The number of hydrogen-bond donors (Lipinski definition) is 5. The van der Waals surface area contributed by atoms with Crippen molar-refractivity contribution in [1.29, 1.82) is 0 Å². The molecule has 0 spiro atoms. The van der Waals surface area contributed by atoms with Gasteiger partial charge in [-0.1, -0.05) is 198 Å². The highest BCUT2D eigenvalue weighted by Crippen LogP contribution is 2.15. The smallest absolute Gasteiger partial charge is 0.249 e. The van der Waals surface area contributed by atoms with Crippen molar-refractivity contribution in [2.45, 2.75) is 257 Å². The van der Waals surface area contributed by atoms with Crippen molar-refractivity contribution in [2.24, 2.45) is 0 Å². The van der Waals surface area contributed by atoms with Crippen molar-refractivity contribution in [2.75, 3.05) is 6.61 Å². The van der Waals surface area contributed by atoms with Crippen LogP contribution in [0.1, 0.15) is 232 Å². The number of aliphatic hydroxyl groups excluding tert-OH is 4. The number of allylic oxidation sites excluding steroid dienone is 6. The number of carbonyl (C=O) groups excluding carboxylic acids is 1. The average Bonchev–Trinajstić information content (AvgIpc) is 3.18. The maximum Gasteiger partial charge on any atom is 0.249 e. The van der Waals surface area contributed by atoms with E-state index in [1.807, 2.05) is 0 Å². The molecule has 6 nitrogen and oxygen atoms in total. The minimum absolute atomic E-state index is 0.351. The molecule has 0 heterocycles. The maximum absolute atomic E-state index is 12.5. The van der Waals surface area contributed by atoms with Gasteiger partial charge in [-0.05, 0) is 70.6 Å². The third-order valence-electron chi connectivity index (χ3n) is 10.8. The topological polar surface area (TPSA) is 110 Å². The summed E-state index contributed by atoms with van der Waals surface area (Å²) in [5.41, 5.74) is 0. The molecule has 54 heavy (non-hydrogen) atoms. The normalized spacial score (nSPS) is 14.4. The summed E-state index contributed by atoms with van der Waals surface area (Å²) in [4.78, 5) is 12.5. The molecule has 0 fully saturated rings. The molecule has 318 valence electrons. The average molecular weight is 762 g/mol. The lowest BCUT2D eigenvalue weighted by Gasteiger charge is -2.27. The lowest BCUT2D eigenvalue weighted by Crippen LogP contribution is -2.53. The molecule has 4 unspecified atom stereocenters. The zero-order chi connectivity index (χ0) is 39.6. The summed E-state index contributed by atoms with van der Waals surface area (Å²) in [5.74, 6) is -0.601. The quantitative estimate of drug-likeness (QED) is 0.0314. The Morgan fingerprint density at radius 2 is 0.815 bits per heavy atom. The third-order valence-corrected chi connectivity index (χ3v) is 10.8. The fraction of sp³-hybridized carbons (Fsp3) is 0.854. The van der Waals surface area contributed by atoms with E-state index in [4.69, 9.17) is 0 Å². The first-order valence-electron chi connectivity index (χ1n) is 23.4. The number of hydrogen-bond acceptors (Lipinski definition) is 5. The highest BCUT2D eigenvalue weighted by molar-refractivity contribution is 5.80. The zero-order valence-electron chi connectivity index (χ0n) is 35.7. The molecule has 0 saturated carbocycles. The van der Waals surface area contributed by atoms with Crippen molar-refractivity contribution in [3.63, 3.8) is 0 Å². The van der Waals surface area contributed by atoms with Crippen molar-refractivity contribution in [3.8, 4) is 0 Å². The van der Waals surface area contributed by atoms with Gasteiger partial charge in [-0.2, -0.15) is 0 Å². The number of unbranched alkanes of at least 4 members (excludes halogenated alkanes) is 27. The largest absolute Gasteiger partial charge is 0.394 e. The van der Waals surface area contributed by atoms with Gasteiger partial charge in [0.25, 0.3) is 0 Å². The van der Waals surface area contributed by atoms with Gasteiger partial charge < -0.3 is 25.7 Å². The Hall–Kier alpha value is -1.47. The predicted octanol–water partition coefficient (Wildman–Crippen LogP) is 12.5. The fourth-order valence-corrected chi connectivity index (χ4v) is 7.08. The molecule has 0 saturated heterocycles. The molecule has 0 aromatic carbocycles. The van der Waals surface area contributed by atoms with Crippen molar-refractivity contribution in [1.82, 2.24) is 5.32 Å². The summed E-state index contributed by atoms with van der Waals surface area (Å²) in [6.45, 7) is 4.04. The Balaban J connectivity index is 3.77. The second-order valence-corrected chi connectivity index (χ2v) is 16.1. The summed E-state index contributed by atoms with van der Waals surface area (Å²) < 4.78 is 0. The standard InChI is InChI=1S/C48H91NO5/c1-3-5-7-9-11-13-15-17-19-21-22-23-24-25-26-28-30-32-34-36-38-40-42-46(52)48(54)49-44(43-50)47(53)45(51)41-39-37-35-33-31-29-27-20-18-16-14-12-10-8-6-4-2/h22-23,25-26,33,35,44-47,50-53H,3-21,24,27-32,34,36-43H2,1-2H3,(H,49,54)/b23-22-,26-25-,35-33+. The molecule has 0 aromatic heterocycles. The minimum atomic E-state index is -1.29. The Kier molecular flexibility index (Phi) is 41.5. The third kappa shape index (κ3) is 36.2. The van der Waals surface area contributed by atoms with Crippen LogP contribution in [0.5, 0.6) is 0 Å². The number of carbonyl (C=O) groups is 1. The van der Waals surface area contributed by atoms with Crippen LogP contribution in [-0.4, -0.2) is 57.3 Å². The molecule has 0 aliphatic rings. The fourth-order valence-electron chi connectivity index (χ4n) is 7.08. The van der Waals surface area contributed by atoms with Gasteiger partial charge in [0.15, 0.2) is 0 Å². The molecule has 0 aliphatic heterocycles. The Labute approximate surface area is 335 Å². The number of nitrogens with one attached hydrogen (secondary N) is 1. The van der Waals surface area contributed by atoms with Crippen LogP contribution in [0.3, 0.4) is 0 Å². The van der Waals surface area contributed by atoms with E-state index in [9.17, 15) is 25.2 Å². The molecule has 0 radical (unpaired) electrons. The SMILES string of the molecule is CCCCCCCCCCC/C=C\C/C=C\CCCCCCCCC(O)C(=O)NC(CO)C(O)C(O)CCC/C=C/CCCCCCCCCCCCC. The monoisotopic (exact) mass is 762 g/mol. The highest BCUT2D eigenvalue weighted by atomic mass is 16.3. The van der Waals surface area contributed by atoms with Crippen LogP contribution >= 0.6 is 0 Å². The summed E-state index contributed by atoms with van der Waals surface area (Å²) in [6.07, 6.45) is 50.4. The Bertz CT molecular complexity index is 858. The second kappa shape index (κ2) is 42.7. The van der Waals surface area contributed by atoms with E-state index in [0.29, 0.717) is 12.8 Å². The Morgan fingerprint density at radius 1 is 0.463 bits per heavy atom. The number of amides is 1. The van der Waals surface area contributed by atoms with Gasteiger partial charge in [-0.25, -0.2) is 0 Å². The van der Waals surface area contributed by atoms with Gasteiger partial charge in [0, 0.05) is 0 Å². The van der Waals surface area contributed by atoms with Gasteiger partial charge >= 0.3 is 0 Å². The molecule has 0 rings (SSSR count). The molecule has 5 N–H and O–H groups in total. The van der Waals surface area contributed by atoms with Crippen LogP contribution in [0.15, 0.2) is 36.5 Å². The van der Waals surface area contributed by atoms with E-state index in [-0.39, 0.29) is 0 Å². The van der Waals surface area contributed by atoms with E-state index in [0.717, 1.165) is 57.8 Å². The van der Waals surface area contributed by atoms with E-state index in [2.05, 4.69) is 55.6 Å². The molecule has 0 aromatic rings. The van der Waals surface area contributed by atoms with Crippen LogP contribution in [0, 0.1) is 0 Å². The number of aliphatic hydroxyl groups is 4. The lowest BCUT2D eigenvalue weighted by molar-refractivity contribution is -0.132. The molecule has 4 atom stereocenters. The number of rotatable bonds is 42. The van der Waals surface area contributed by atoms with Crippen molar-refractivity contribution >= 4 is 5.91 Å². The van der Waals surface area contributed by atoms with E-state index in [1.165, 1.54) is 148 Å². The summed E-state index contributed by atoms with van der Waals surface area (Å²) in [7, 11) is 0. The van der Waals surface area contributed by atoms with Crippen LogP contribution in [0.4, 0.5) is 0 Å². The first-order chi connectivity index (χ1) is 26.5. The summed E-state index contributed by atoms with van der Waals surface area (Å²) >= 11 is 0. The van der Waals surface area contributed by atoms with Crippen molar-refractivity contribution < 1.29 is 25.2 Å². The van der Waals surface area contributed by atoms with Crippen molar-refractivity contribution in [3.05, 3.63) is 36.5 Å². The van der Waals surface area contributed by atoms with Gasteiger partial charge in [0.05, 0.1) is 18.8 Å². The summed E-state index contributed by atoms with van der Waals surface area (Å²) in [5, 5.41) is 43.7. The highest BCUT2D eigenvalue weighted by Gasteiger charge is 2.28. The minimum Gasteiger partial charge on any atom is -0.394 e. The Morgan fingerprint density at radius 3 is 1.22 bits per heavy atom. The summed E-state index contributed by atoms with van der Waals surface area (Å²) in [6, 6.07) is -1.01. The first-order valence-corrected chi connectivity index (χ1v) is 23.4. The van der Waals surface area contributed by atoms with E-state index < -0.39 is 36.9 Å². The molecule has 0 aliphatic carbocycles. The van der Waals surface area contributed by atoms with Gasteiger partial charge in [0.2, 0.25) is 5.91 Å². The molecule has 6 heteroatoms. The molecular weight excluding hydrogens is 671 g/mol. The van der Waals surface area contributed by atoms with Crippen LogP contribution in [0.25, 0.3) is 0 Å². The van der Waals surface area contributed by atoms with Gasteiger partial charge in [-0.3, -0.25) is 4.79 Å². The maximum atomic E-state index is 12.5. The van der Waals surface area contributed by atoms with Crippen LogP contribution < -0.4 is 5.32 Å². The predicted molar refractivity (Wildman–Crippen MR) is 233 cm³/mol. The van der Waals surface area contributed by atoms with Crippen LogP contribution in [-0.2, 0) is 4.79 Å². The first kappa shape index (κ1) is 52.5. The zero-order valence-corrected chi connectivity index (χ0v) is 35.7. The van der Waals surface area contributed by atoms with Gasteiger partial charge in [-0.15, -0.1) is 0 Å². The molecule has 1 amide bonds. The molecule has 0 bridgehead atoms. The lowest BCUT2D eigenvalue weighted by atomic mass is 10.00. The van der Waals surface area contributed by atoms with E-state index >= 15 is 0 Å². The second-order valence-electron chi connectivity index (χ2n) is 16.1. The molecular formula is C48H91NO5. The van der Waals surface area contributed by atoms with Gasteiger partial charge in [0.1, 0.15) is 12.2 Å².